The zero-order chi connectivity index (χ0) is 12.3. The summed E-state index contributed by atoms with van der Waals surface area (Å²) in [7, 11) is 0. The highest BCUT2D eigenvalue weighted by molar-refractivity contribution is 5.22. The van der Waals surface area contributed by atoms with Crippen LogP contribution in [-0.4, -0.2) is 10.1 Å². The summed E-state index contributed by atoms with van der Waals surface area (Å²) < 4.78 is 22.9. The van der Waals surface area contributed by atoms with E-state index in [9.17, 15) is 4.39 Å². The van der Waals surface area contributed by atoms with Crippen molar-refractivity contribution in [3.8, 4) is 5.75 Å². The average Bonchev–Trinajstić information content (AvgIpc) is 2.77. The van der Waals surface area contributed by atoms with Crippen molar-refractivity contribution in [1.29, 1.82) is 0 Å². The van der Waals surface area contributed by atoms with Gasteiger partial charge in [0.05, 0.1) is 6.04 Å². The molecular formula is C11H12FN3O2. The molecule has 0 spiro atoms. The van der Waals surface area contributed by atoms with Gasteiger partial charge >= 0.3 is 0 Å². The molecule has 1 aromatic carbocycles. The van der Waals surface area contributed by atoms with Crippen LogP contribution in [0.25, 0.3) is 0 Å². The number of hydrogen-bond acceptors (Lipinski definition) is 5. The van der Waals surface area contributed by atoms with Crippen LogP contribution in [0.2, 0.25) is 0 Å². The fourth-order valence-corrected chi connectivity index (χ4v) is 1.19. The van der Waals surface area contributed by atoms with E-state index in [4.69, 9.17) is 15.0 Å². The van der Waals surface area contributed by atoms with Gasteiger partial charge in [0.15, 0.2) is 6.61 Å². The number of nitrogens with two attached hydrogens (primary N) is 1. The zero-order valence-corrected chi connectivity index (χ0v) is 9.26. The minimum absolute atomic E-state index is 0.155. The predicted molar refractivity (Wildman–Crippen MR) is 57.6 cm³/mol. The van der Waals surface area contributed by atoms with E-state index in [1.54, 1.807) is 6.92 Å². The minimum atomic E-state index is -0.309. The van der Waals surface area contributed by atoms with Crippen LogP contribution in [-0.2, 0) is 6.61 Å². The van der Waals surface area contributed by atoms with Gasteiger partial charge in [0.2, 0.25) is 11.7 Å². The molecule has 0 saturated carbocycles. The average molecular weight is 237 g/mol. The monoisotopic (exact) mass is 237 g/mol. The van der Waals surface area contributed by atoms with Gasteiger partial charge in [0.1, 0.15) is 11.6 Å². The Morgan fingerprint density at radius 3 is 2.71 bits per heavy atom. The first-order valence-electron chi connectivity index (χ1n) is 5.11. The van der Waals surface area contributed by atoms with Crippen LogP contribution in [0.1, 0.15) is 24.7 Å². The maximum atomic E-state index is 12.6. The summed E-state index contributed by atoms with van der Waals surface area (Å²) in [4.78, 5) is 4.04. The summed E-state index contributed by atoms with van der Waals surface area (Å²) in [6, 6.07) is 5.39. The number of nitrogens with zero attached hydrogens (tertiary/aromatic N) is 2. The van der Waals surface area contributed by atoms with E-state index >= 15 is 0 Å². The molecular weight excluding hydrogens is 225 g/mol. The van der Waals surface area contributed by atoms with Crippen LogP contribution >= 0.6 is 0 Å². The first kappa shape index (κ1) is 11.5. The predicted octanol–water partition coefficient (Wildman–Crippen LogP) is 1.81. The molecule has 2 N–H and O–H groups in total. The van der Waals surface area contributed by atoms with Crippen molar-refractivity contribution < 1.29 is 13.7 Å². The maximum absolute atomic E-state index is 12.6. The van der Waals surface area contributed by atoms with E-state index in [1.807, 2.05) is 0 Å². The minimum Gasteiger partial charge on any atom is -0.485 e. The molecule has 1 atom stereocenters. The molecule has 1 unspecified atom stereocenters. The molecule has 0 fully saturated rings. The van der Waals surface area contributed by atoms with E-state index in [1.165, 1.54) is 24.3 Å². The van der Waals surface area contributed by atoms with Crippen LogP contribution < -0.4 is 10.5 Å². The largest absolute Gasteiger partial charge is 0.485 e. The third-order valence-electron chi connectivity index (χ3n) is 2.05. The first-order chi connectivity index (χ1) is 8.15. The van der Waals surface area contributed by atoms with Crippen molar-refractivity contribution >= 4 is 0 Å². The van der Waals surface area contributed by atoms with Crippen LogP contribution in [0, 0.1) is 5.82 Å². The third kappa shape index (κ3) is 3.01. The van der Waals surface area contributed by atoms with Crippen LogP contribution in [0.5, 0.6) is 5.75 Å². The second-order valence-corrected chi connectivity index (χ2v) is 3.58. The van der Waals surface area contributed by atoms with Crippen molar-refractivity contribution in [2.75, 3.05) is 0 Å². The van der Waals surface area contributed by atoms with E-state index in [-0.39, 0.29) is 18.5 Å². The highest BCUT2D eigenvalue weighted by atomic mass is 19.1. The number of ether oxygens (including phenoxy) is 1. The SMILES string of the molecule is CC(N)c1nc(COc2ccc(F)cc2)no1. The van der Waals surface area contributed by atoms with Crippen LogP contribution in [0.4, 0.5) is 4.39 Å². The summed E-state index contributed by atoms with van der Waals surface area (Å²) >= 11 is 0. The molecule has 0 aliphatic carbocycles. The van der Waals surface area contributed by atoms with Gasteiger partial charge in [-0.15, -0.1) is 0 Å². The molecule has 0 saturated heterocycles. The summed E-state index contributed by atoms with van der Waals surface area (Å²) in [6.07, 6.45) is 0. The van der Waals surface area contributed by atoms with E-state index in [0.717, 1.165) is 0 Å². The molecule has 2 aromatic rings. The molecule has 6 heteroatoms. The molecule has 0 amide bonds. The van der Waals surface area contributed by atoms with Crippen LogP contribution in [0.3, 0.4) is 0 Å². The lowest BCUT2D eigenvalue weighted by atomic mass is 10.3. The van der Waals surface area contributed by atoms with E-state index < -0.39 is 0 Å². The number of benzene rings is 1. The van der Waals surface area contributed by atoms with Gasteiger partial charge in [-0.2, -0.15) is 4.98 Å². The van der Waals surface area contributed by atoms with Gasteiger partial charge in [0.25, 0.3) is 0 Å². The molecule has 0 aliphatic heterocycles. The number of halogens is 1. The summed E-state index contributed by atoms with van der Waals surface area (Å²) in [5, 5.41) is 3.70. The molecule has 0 bridgehead atoms. The highest BCUT2D eigenvalue weighted by Crippen LogP contribution is 2.13. The molecule has 2 rings (SSSR count). The molecule has 90 valence electrons. The summed E-state index contributed by atoms with van der Waals surface area (Å²) in [5.74, 6) is 0.999. The van der Waals surface area contributed by atoms with Gasteiger partial charge in [-0.3, -0.25) is 0 Å². The number of rotatable bonds is 4. The Bertz CT molecular complexity index is 482. The topological polar surface area (TPSA) is 74.2 Å². The smallest absolute Gasteiger partial charge is 0.243 e. The Balaban J connectivity index is 1.95. The third-order valence-corrected chi connectivity index (χ3v) is 2.05. The van der Waals surface area contributed by atoms with Crippen LogP contribution in [0.15, 0.2) is 28.8 Å². The highest BCUT2D eigenvalue weighted by Gasteiger charge is 2.10. The van der Waals surface area contributed by atoms with Gasteiger partial charge in [-0.1, -0.05) is 5.16 Å². The lowest BCUT2D eigenvalue weighted by Gasteiger charge is -2.02. The van der Waals surface area contributed by atoms with Crippen molar-refractivity contribution in [1.82, 2.24) is 10.1 Å². The second-order valence-electron chi connectivity index (χ2n) is 3.58. The van der Waals surface area contributed by atoms with Gasteiger partial charge < -0.3 is 15.0 Å². The molecule has 1 heterocycles. The second kappa shape index (κ2) is 4.92. The van der Waals surface area contributed by atoms with Gasteiger partial charge in [0, 0.05) is 0 Å². The van der Waals surface area contributed by atoms with E-state index in [0.29, 0.717) is 17.5 Å². The summed E-state index contributed by atoms with van der Waals surface area (Å²) in [6.45, 7) is 1.90. The Morgan fingerprint density at radius 1 is 1.41 bits per heavy atom. The standard InChI is InChI=1S/C11H12FN3O2/c1-7(13)11-14-10(15-17-11)6-16-9-4-2-8(12)3-5-9/h2-5,7H,6,13H2,1H3. The molecule has 5 nitrogen and oxygen atoms in total. The van der Waals surface area contributed by atoms with Crippen molar-refractivity contribution in [2.24, 2.45) is 5.73 Å². The van der Waals surface area contributed by atoms with Crippen molar-refractivity contribution in [3.05, 3.63) is 41.8 Å². The molecule has 0 aliphatic rings. The molecule has 17 heavy (non-hydrogen) atoms. The number of hydrogen-bond donors (Lipinski definition) is 1. The lowest BCUT2D eigenvalue weighted by Crippen LogP contribution is -2.05. The summed E-state index contributed by atoms with van der Waals surface area (Å²) in [5.41, 5.74) is 5.57. The van der Waals surface area contributed by atoms with Gasteiger partial charge in [-0.05, 0) is 31.2 Å². The first-order valence-corrected chi connectivity index (χ1v) is 5.11. The van der Waals surface area contributed by atoms with E-state index in [2.05, 4.69) is 10.1 Å². The quantitative estimate of drug-likeness (QED) is 0.877. The Morgan fingerprint density at radius 2 is 2.12 bits per heavy atom. The lowest BCUT2D eigenvalue weighted by molar-refractivity contribution is 0.284. The van der Waals surface area contributed by atoms with Crippen molar-refractivity contribution in [3.63, 3.8) is 0 Å². The Hall–Kier alpha value is -1.95. The zero-order valence-electron chi connectivity index (χ0n) is 9.26. The maximum Gasteiger partial charge on any atom is 0.243 e. The Labute approximate surface area is 97.4 Å². The van der Waals surface area contributed by atoms with Gasteiger partial charge in [-0.25, -0.2) is 4.39 Å². The molecule has 1 aromatic heterocycles. The fraction of sp³-hybridized carbons (Fsp3) is 0.273. The molecule has 0 radical (unpaired) electrons. The normalized spacial score (nSPS) is 12.4. The fourth-order valence-electron chi connectivity index (χ4n) is 1.19. The van der Waals surface area contributed by atoms with Crippen molar-refractivity contribution in [2.45, 2.75) is 19.6 Å². The number of aromatic nitrogens is 2. The Kier molecular flexibility index (Phi) is 3.34.